The van der Waals surface area contributed by atoms with Crippen LogP contribution in [0.15, 0.2) is 10.7 Å². The van der Waals surface area contributed by atoms with Crippen molar-refractivity contribution in [1.29, 1.82) is 0 Å². The molecule has 0 unspecified atom stereocenters. The van der Waals surface area contributed by atoms with E-state index in [1.807, 2.05) is 7.05 Å². The van der Waals surface area contributed by atoms with Crippen molar-refractivity contribution >= 4 is 27.3 Å². The highest BCUT2D eigenvalue weighted by molar-refractivity contribution is 9.10. The van der Waals surface area contributed by atoms with Crippen LogP contribution < -0.4 is 0 Å². The van der Waals surface area contributed by atoms with Gasteiger partial charge in [0, 0.05) is 13.5 Å². The second kappa shape index (κ2) is 4.26. The third kappa shape index (κ3) is 2.17. The standard InChI is InChI=1S/C10H12BrN3O/c1-14-9(10(11)12-13-14)7-4-2-3-5-8(15)6-7/h6H,2-5H2,1H3. The first-order valence-electron chi connectivity index (χ1n) is 4.97. The number of aryl methyl sites for hydroxylation is 1. The Balaban J connectivity index is 2.41. The van der Waals surface area contributed by atoms with Gasteiger partial charge in [-0.25, -0.2) is 4.68 Å². The Bertz CT molecular complexity index is 403. The van der Waals surface area contributed by atoms with Crippen molar-refractivity contribution in [1.82, 2.24) is 15.0 Å². The second-order valence-electron chi connectivity index (χ2n) is 3.70. The van der Waals surface area contributed by atoms with Gasteiger partial charge in [0.2, 0.25) is 0 Å². The lowest BCUT2D eigenvalue weighted by Gasteiger charge is -2.04. The summed E-state index contributed by atoms with van der Waals surface area (Å²) in [6.07, 6.45) is 5.34. The van der Waals surface area contributed by atoms with Gasteiger partial charge in [0.15, 0.2) is 10.4 Å². The Kier molecular flexibility index (Phi) is 3.00. The highest BCUT2D eigenvalue weighted by atomic mass is 79.9. The van der Waals surface area contributed by atoms with E-state index in [4.69, 9.17) is 0 Å². The van der Waals surface area contributed by atoms with Crippen LogP contribution in [0.25, 0.3) is 5.57 Å². The number of nitrogens with zero attached hydrogens (tertiary/aromatic N) is 3. The number of rotatable bonds is 1. The minimum atomic E-state index is 0.204. The second-order valence-corrected chi connectivity index (χ2v) is 4.45. The molecule has 0 atom stereocenters. The van der Waals surface area contributed by atoms with Crippen LogP contribution in [0.1, 0.15) is 31.4 Å². The number of hydrogen-bond acceptors (Lipinski definition) is 3. The number of ketones is 1. The van der Waals surface area contributed by atoms with Gasteiger partial charge in [-0.1, -0.05) is 5.21 Å². The summed E-state index contributed by atoms with van der Waals surface area (Å²) < 4.78 is 2.42. The van der Waals surface area contributed by atoms with Crippen molar-refractivity contribution in [3.8, 4) is 0 Å². The average Bonchev–Trinajstić information content (AvgIpc) is 2.40. The Morgan fingerprint density at radius 1 is 1.40 bits per heavy atom. The zero-order valence-corrected chi connectivity index (χ0v) is 10.1. The van der Waals surface area contributed by atoms with Crippen molar-refractivity contribution in [2.45, 2.75) is 25.7 Å². The summed E-state index contributed by atoms with van der Waals surface area (Å²) in [6.45, 7) is 0. The largest absolute Gasteiger partial charge is 0.295 e. The van der Waals surface area contributed by atoms with Crippen LogP contribution in [0, 0.1) is 0 Å². The van der Waals surface area contributed by atoms with Crippen LogP contribution in [0.4, 0.5) is 0 Å². The Labute approximate surface area is 96.5 Å². The molecule has 2 rings (SSSR count). The monoisotopic (exact) mass is 269 g/mol. The molecule has 0 aromatic carbocycles. The SMILES string of the molecule is Cn1nnc(Br)c1C1=CC(=O)CCCC1. The first-order valence-corrected chi connectivity index (χ1v) is 5.76. The smallest absolute Gasteiger partial charge is 0.156 e. The molecule has 0 bridgehead atoms. The molecule has 0 N–H and O–H groups in total. The van der Waals surface area contributed by atoms with Crippen LogP contribution in [-0.4, -0.2) is 20.8 Å². The van der Waals surface area contributed by atoms with Gasteiger partial charge in [0.25, 0.3) is 0 Å². The predicted molar refractivity (Wildman–Crippen MR) is 60.2 cm³/mol. The lowest BCUT2D eigenvalue weighted by molar-refractivity contribution is -0.114. The van der Waals surface area contributed by atoms with E-state index in [9.17, 15) is 4.79 Å². The maximum absolute atomic E-state index is 11.5. The Hall–Kier alpha value is -0.970. The Morgan fingerprint density at radius 2 is 2.13 bits per heavy atom. The minimum absolute atomic E-state index is 0.204. The molecule has 1 aromatic heterocycles. The van der Waals surface area contributed by atoms with Gasteiger partial charge in [0.05, 0.1) is 5.69 Å². The molecule has 0 fully saturated rings. The first-order chi connectivity index (χ1) is 7.18. The number of aromatic nitrogens is 3. The Morgan fingerprint density at radius 3 is 2.80 bits per heavy atom. The minimum Gasteiger partial charge on any atom is -0.295 e. The molecular weight excluding hydrogens is 258 g/mol. The average molecular weight is 270 g/mol. The van der Waals surface area contributed by atoms with E-state index in [0.717, 1.165) is 30.5 Å². The maximum Gasteiger partial charge on any atom is 0.156 e. The number of carbonyl (C=O) groups is 1. The van der Waals surface area contributed by atoms with E-state index in [1.54, 1.807) is 10.8 Å². The normalized spacial score (nSPS) is 17.5. The van der Waals surface area contributed by atoms with Crippen molar-refractivity contribution in [2.75, 3.05) is 0 Å². The lowest BCUT2D eigenvalue weighted by atomic mass is 10.1. The molecule has 0 spiro atoms. The molecule has 0 radical (unpaired) electrons. The van der Waals surface area contributed by atoms with Gasteiger partial charge in [-0.2, -0.15) is 0 Å². The number of carbonyl (C=O) groups excluding carboxylic acids is 1. The molecular formula is C10H12BrN3O. The zero-order valence-electron chi connectivity index (χ0n) is 8.53. The summed E-state index contributed by atoms with van der Waals surface area (Å²) >= 11 is 3.35. The number of halogens is 1. The van der Waals surface area contributed by atoms with Crippen LogP contribution in [0.2, 0.25) is 0 Å². The quantitative estimate of drug-likeness (QED) is 0.785. The van der Waals surface area contributed by atoms with E-state index in [1.165, 1.54) is 0 Å². The third-order valence-electron chi connectivity index (χ3n) is 2.54. The molecule has 1 heterocycles. The third-order valence-corrected chi connectivity index (χ3v) is 3.08. The number of allylic oxidation sites excluding steroid dienone is 2. The number of hydrogen-bond donors (Lipinski definition) is 0. The van der Waals surface area contributed by atoms with Gasteiger partial charge in [-0.05, 0) is 46.8 Å². The van der Waals surface area contributed by atoms with E-state index in [-0.39, 0.29) is 5.78 Å². The molecule has 4 nitrogen and oxygen atoms in total. The molecule has 0 saturated carbocycles. The fourth-order valence-corrected chi connectivity index (χ4v) is 2.39. The summed E-state index contributed by atoms with van der Waals surface area (Å²) in [5.74, 6) is 0.204. The fourth-order valence-electron chi connectivity index (χ4n) is 1.81. The lowest BCUT2D eigenvalue weighted by Crippen LogP contribution is -1.99. The van der Waals surface area contributed by atoms with Gasteiger partial charge >= 0.3 is 0 Å². The van der Waals surface area contributed by atoms with Crippen molar-refractivity contribution in [3.05, 3.63) is 16.4 Å². The fraction of sp³-hybridized carbons (Fsp3) is 0.500. The van der Waals surface area contributed by atoms with E-state index in [2.05, 4.69) is 26.2 Å². The van der Waals surface area contributed by atoms with Crippen LogP contribution >= 0.6 is 15.9 Å². The predicted octanol–water partition coefficient (Wildman–Crippen LogP) is 2.10. The highest BCUT2D eigenvalue weighted by Gasteiger charge is 2.16. The van der Waals surface area contributed by atoms with Crippen molar-refractivity contribution in [3.63, 3.8) is 0 Å². The highest BCUT2D eigenvalue weighted by Crippen LogP contribution is 2.28. The van der Waals surface area contributed by atoms with E-state index < -0.39 is 0 Å². The van der Waals surface area contributed by atoms with Crippen LogP contribution in [-0.2, 0) is 11.8 Å². The molecule has 1 aliphatic carbocycles. The van der Waals surface area contributed by atoms with Crippen molar-refractivity contribution in [2.24, 2.45) is 7.05 Å². The summed E-state index contributed by atoms with van der Waals surface area (Å²) in [7, 11) is 1.84. The summed E-state index contributed by atoms with van der Waals surface area (Å²) in [4.78, 5) is 11.5. The van der Waals surface area contributed by atoms with E-state index >= 15 is 0 Å². The van der Waals surface area contributed by atoms with Gasteiger partial charge < -0.3 is 0 Å². The molecule has 0 aliphatic heterocycles. The molecule has 80 valence electrons. The van der Waals surface area contributed by atoms with Crippen molar-refractivity contribution < 1.29 is 4.79 Å². The molecule has 5 heteroatoms. The zero-order chi connectivity index (χ0) is 10.8. The van der Waals surface area contributed by atoms with E-state index in [0.29, 0.717) is 11.0 Å². The summed E-state index contributed by atoms with van der Waals surface area (Å²) in [6, 6.07) is 0. The first kappa shape index (κ1) is 10.5. The molecule has 1 aromatic rings. The molecule has 0 amide bonds. The molecule has 1 aliphatic rings. The summed E-state index contributed by atoms with van der Waals surface area (Å²) in [5.41, 5.74) is 1.96. The van der Waals surface area contributed by atoms with Gasteiger partial charge in [-0.3, -0.25) is 4.79 Å². The molecule has 15 heavy (non-hydrogen) atoms. The van der Waals surface area contributed by atoms with Crippen LogP contribution in [0.3, 0.4) is 0 Å². The molecule has 0 saturated heterocycles. The van der Waals surface area contributed by atoms with Crippen LogP contribution in [0.5, 0.6) is 0 Å². The summed E-state index contributed by atoms with van der Waals surface area (Å²) in [5, 5.41) is 7.84. The van der Waals surface area contributed by atoms with Gasteiger partial charge in [0.1, 0.15) is 0 Å². The van der Waals surface area contributed by atoms with Gasteiger partial charge in [-0.15, -0.1) is 5.10 Å². The topological polar surface area (TPSA) is 47.8 Å². The maximum atomic E-state index is 11.5.